The summed E-state index contributed by atoms with van der Waals surface area (Å²) in [4.78, 5) is 21.3. The summed E-state index contributed by atoms with van der Waals surface area (Å²) in [5, 5.41) is 8.30. The van der Waals surface area contributed by atoms with Gasteiger partial charge in [-0.15, -0.1) is 0 Å². The Morgan fingerprint density at radius 3 is 2.79 bits per heavy atom. The van der Waals surface area contributed by atoms with Crippen molar-refractivity contribution < 1.29 is 9.53 Å². The van der Waals surface area contributed by atoms with Crippen molar-refractivity contribution in [3.05, 3.63) is 60.6 Å². The Balaban J connectivity index is 1.56. The first-order valence-corrected chi connectivity index (χ1v) is 9.69. The van der Waals surface area contributed by atoms with E-state index in [9.17, 15) is 4.79 Å². The lowest BCUT2D eigenvalue weighted by Crippen LogP contribution is -2.01. The normalized spacial score (nSPS) is 13.6. The first-order valence-electron chi connectivity index (χ1n) is 9.69. The van der Waals surface area contributed by atoms with Gasteiger partial charge in [0, 0.05) is 52.7 Å². The SMILES string of the molecule is COc1ccccc1-c1[nH]nc2ncc(-c3cncc(C(=O)CC4CC4)c3)cc12. The van der Waals surface area contributed by atoms with E-state index < -0.39 is 0 Å². The number of benzene rings is 1. The number of H-pyrrole nitrogens is 1. The van der Waals surface area contributed by atoms with Gasteiger partial charge < -0.3 is 4.74 Å². The maximum atomic E-state index is 12.5. The molecular formula is C23H20N4O2. The van der Waals surface area contributed by atoms with Crippen LogP contribution in [0.3, 0.4) is 0 Å². The summed E-state index contributed by atoms with van der Waals surface area (Å²) in [6.07, 6.45) is 8.11. The van der Waals surface area contributed by atoms with E-state index >= 15 is 0 Å². The summed E-state index contributed by atoms with van der Waals surface area (Å²) >= 11 is 0. The van der Waals surface area contributed by atoms with E-state index in [0.717, 1.165) is 46.4 Å². The topological polar surface area (TPSA) is 80.8 Å². The van der Waals surface area contributed by atoms with E-state index in [2.05, 4.69) is 20.2 Å². The number of aromatic amines is 1. The zero-order chi connectivity index (χ0) is 19.8. The third kappa shape index (κ3) is 3.38. The zero-order valence-corrected chi connectivity index (χ0v) is 16.1. The van der Waals surface area contributed by atoms with Crippen molar-refractivity contribution in [2.75, 3.05) is 7.11 Å². The third-order valence-electron chi connectivity index (χ3n) is 5.35. The van der Waals surface area contributed by atoms with Gasteiger partial charge in [-0.05, 0) is 43.0 Å². The highest BCUT2D eigenvalue weighted by Crippen LogP contribution is 2.35. The van der Waals surface area contributed by atoms with Crippen LogP contribution < -0.4 is 4.74 Å². The second-order valence-corrected chi connectivity index (χ2v) is 7.43. The molecule has 0 saturated heterocycles. The molecule has 0 aliphatic heterocycles. The van der Waals surface area contributed by atoms with Crippen LogP contribution in [0.1, 0.15) is 29.6 Å². The highest BCUT2D eigenvalue weighted by Gasteiger charge is 2.25. The van der Waals surface area contributed by atoms with Crippen molar-refractivity contribution in [1.29, 1.82) is 0 Å². The molecule has 144 valence electrons. The number of para-hydroxylation sites is 1. The number of ketones is 1. The second kappa shape index (κ2) is 7.13. The minimum atomic E-state index is 0.161. The molecule has 6 nitrogen and oxygen atoms in total. The highest BCUT2D eigenvalue weighted by atomic mass is 16.5. The highest BCUT2D eigenvalue weighted by molar-refractivity contribution is 5.98. The number of carbonyl (C=O) groups is 1. The van der Waals surface area contributed by atoms with Gasteiger partial charge in [0.2, 0.25) is 0 Å². The number of nitrogens with one attached hydrogen (secondary N) is 1. The predicted molar refractivity (Wildman–Crippen MR) is 111 cm³/mol. The van der Waals surface area contributed by atoms with Gasteiger partial charge in [0.15, 0.2) is 11.4 Å². The molecule has 0 atom stereocenters. The summed E-state index contributed by atoms with van der Waals surface area (Å²) in [5.74, 6) is 1.48. The van der Waals surface area contributed by atoms with Crippen LogP contribution in [0.5, 0.6) is 5.75 Å². The summed E-state index contributed by atoms with van der Waals surface area (Å²) in [6.45, 7) is 0. The van der Waals surface area contributed by atoms with Crippen molar-refractivity contribution in [3.63, 3.8) is 0 Å². The van der Waals surface area contributed by atoms with E-state index in [1.54, 1.807) is 25.7 Å². The number of hydrogen-bond donors (Lipinski definition) is 1. The molecule has 3 heterocycles. The largest absolute Gasteiger partial charge is 0.496 e. The molecule has 0 bridgehead atoms. The Labute approximate surface area is 168 Å². The fourth-order valence-electron chi connectivity index (χ4n) is 3.57. The van der Waals surface area contributed by atoms with Crippen molar-refractivity contribution in [2.45, 2.75) is 19.3 Å². The molecule has 1 aromatic carbocycles. The van der Waals surface area contributed by atoms with Crippen molar-refractivity contribution in [3.8, 4) is 28.1 Å². The molecule has 0 unspecified atom stereocenters. The number of ether oxygens (including phenoxy) is 1. The van der Waals surface area contributed by atoms with E-state index in [1.807, 2.05) is 36.4 Å². The fourth-order valence-corrected chi connectivity index (χ4v) is 3.57. The third-order valence-corrected chi connectivity index (χ3v) is 5.35. The number of nitrogens with zero attached hydrogens (tertiary/aromatic N) is 3. The van der Waals surface area contributed by atoms with E-state index in [0.29, 0.717) is 23.5 Å². The van der Waals surface area contributed by atoms with Gasteiger partial charge in [0.05, 0.1) is 12.8 Å². The molecule has 5 rings (SSSR count). The van der Waals surface area contributed by atoms with Crippen molar-refractivity contribution in [1.82, 2.24) is 20.2 Å². The van der Waals surface area contributed by atoms with Crippen LogP contribution in [0.2, 0.25) is 0 Å². The summed E-state index contributed by atoms with van der Waals surface area (Å²) in [7, 11) is 1.65. The summed E-state index contributed by atoms with van der Waals surface area (Å²) < 4.78 is 5.50. The zero-order valence-electron chi connectivity index (χ0n) is 16.1. The fraction of sp³-hybridized carbons (Fsp3) is 0.217. The van der Waals surface area contributed by atoms with Gasteiger partial charge >= 0.3 is 0 Å². The monoisotopic (exact) mass is 384 g/mol. The minimum Gasteiger partial charge on any atom is -0.496 e. The summed E-state index contributed by atoms with van der Waals surface area (Å²) in [5.41, 5.74) is 4.82. The quantitative estimate of drug-likeness (QED) is 0.488. The van der Waals surface area contributed by atoms with Crippen LogP contribution in [0.4, 0.5) is 0 Å². The molecule has 1 aliphatic rings. The smallest absolute Gasteiger partial charge is 0.181 e. The standard InChI is InChI=1S/C23H20N4O2/c1-29-21-5-3-2-4-18(21)22-19-10-16(13-25-23(19)27-26-22)15-9-17(12-24-11-15)20(28)8-14-6-7-14/h2-5,9-14H,6-8H2,1H3,(H,25,26,27). The molecule has 1 saturated carbocycles. The maximum Gasteiger partial charge on any atom is 0.181 e. The lowest BCUT2D eigenvalue weighted by atomic mass is 10.0. The Kier molecular flexibility index (Phi) is 4.31. The predicted octanol–water partition coefficient (Wildman–Crippen LogP) is 4.68. The Morgan fingerprint density at radius 1 is 1.14 bits per heavy atom. The van der Waals surface area contributed by atoms with Gasteiger partial charge in [-0.2, -0.15) is 5.10 Å². The average Bonchev–Trinajstić information content (AvgIpc) is 3.49. The Morgan fingerprint density at radius 2 is 1.97 bits per heavy atom. The summed E-state index contributed by atoms with van der Waals surface area (Å²) in [6, 6.07) is 11.7. The molecule has 1 fully saturated rings. The van der Waals surface area contributed by atoms with Gasteiger partial charge in [0.25, 0.3) is 0 Å². The molecule has 3 aromatic heterocycles. The number of fused-ring (bicyclic) bond motifs is 1. The average molecular weight is 384 g/mol. The lowest BCUT2D eigenvalue weighted by Gasteiger charge is -2.07. The van der Waals surface area contributed by atoms with Gasteiger partial charge in [-0.25, -0.2) is 4.98 Å². The Bertz CT molecular complexity index is 1210. The number of hydrogen-bond acceptors (Lipinski definition) is 5. The Hall–Kier alpha value is -3.54. The molecule has 0 spiro atoms. The number of methoxy groups -OCH3 is 1. The van der Waals surface area contributed by atoms with Gasteiger partial charge in [-0.3, -0.25) is 14.9 Å². The van der Waals surface area contributed by atoms with Crippen LogP contribution in [0.15, 0.2) is 55.0 Å². The van der Waals surface area contributed by atoms with E-state index in [4.69, 9.17) is 4.74 Å². The molecular weight excluding hydrogens is 364 g/mol. The second-order valence-electron chi connectivity index (χ2n) is 7.43. The first kappa shape index (κ1) is 17.6. The number of aromatic nitrogens is 4. The molecule has 4 aromatic rings. The van der Waals surface area contributed by atoms with Gasteiger partial charge in [-0.1, -0.05) is 12.1 Å². The number of rotatable bonds is 6. The molecule has 29 heavy (non-hydrogen) atoms. The van der Waals surface area contributed by atoms with Crippen LogP contribution in [-0.4, -0.2) is 33.1 Å². The van der Waals surface area contributed by atoms with Crippen molar-refractivity contribution in [2.24, 2.45) is 5.92 Å². The maximum absolute atomic E-state index is 12.5. The number of carbonyl (C=O) groups excluding carboxylic acids is 1. The van der Waals surface area contributed by atoms with Crippen LogP contribution in [0.25, 0.3) is 33.4 Å². The first-order chi connectivity index (χ1) is 14.2. The minimum absolute atomic E-state index is 0.161. The van der Waals surface area contributed by atoms with E-state index in [1.165, 1.54) is 0 Å². The van der Waals surface area contributed by atoms with Crippen molar-refractivity contribution >= 4 is 16.8 Å². The van der Waals surface area contributed by atoms with Crippen LogP contribution >= 0.6 is 0 Å². The van der Waals surface area contributed by atoms with Crippen LogP contribution in [0, 0.1) is 5.92 Å². The van der Waals surface area contributed by atoms with Crippen LogP contribution in [-0.2, 0) is 0 Å². The molecule has 6 heteroatoms. The van der Waals surface area contributed by atoms with Gasteiger partial charge in [0.1, 0.15) is 5.75 Å². The molecule has 0 amide bonds. The molecule has 1 aliphatic carbocycles. The molecule has 1 N–H and O–H groups in total. The number of pyridine rings is 2. The lowest BCUT2D eigenvalue weighted by molar-refractivity contribution is 0.0976. The number of Topliss-reactive ketones (excluding diaryl/α,β-unsaturated/α-hetero) is 1. The van der Waals surface area contributed by atoms with E-state index in [-0.39, 0.29) is 5.78 Å². The molecule has 0 radical (unpaired) electrons.